The Labute approximate surface area is 162 Å². The smallest absolute Gasteiger partial charge is 0.243 e. The van der Waals surface area contributed by atoms with Crippen LogP contribution in [0, 0.1) is 13.8 Å². The van der Waals surface area contributed by atoms with Gasteiger partial charge in [-0.15, -0.1) is 0 Å². The van der Waals surface area contributed by atoms with Crippen molar-refractivity contribution in [2.24, 2.45) is 0 Å². The van der Waals surface area contributed by atoms with E-state index in [-0.39, 0.29) is 18.5 Å². The quantitative estimate of drug-likeness (QED) is 0.729. The fourth-order valence-corrected chi connectivity index (χ4v) is 3.88. The van der Waals surface area contributed by atoms with Crippen LogP contribution in [-0.2, 0) is 21.4 Å². The normalized spacial score (nSPS) is 11.5. The second-order valence-corrected chi connectivity index (χ2v) is 9.12. The van der Waals surface area contributed by atoms with Crippen molar-refractivity contribution in [3.63, 3.8) is 0 Å². The largest absolute Gasteiger partial charge is 0.334 e. The number of aryl methyl sites for hydroxylation is 2. The molecule has 0 atom stereocenters. The lowest BCUT2D eigenvalue weighted by Gasteiger charge is -2.30. The Morgan fingerprint density at radius 1 is 1.00 bits per heavy atom. The summed E-state index contributed by atoms with van der Waals surface area (Å²) >= 11 is 0. The van der Waals surface area contributed by atoms with Crippen molar-refractivity contribution in [3.8, 4) is 0 Å². The molecule has 0 fully saturated rings. The minimum absolute atomic E-state index is 0.0432. The topological polar surface area (TPSA) is 57.7 Å². The predicted octanol–water partition coefficient (Wildman–Crippen LogP) is 3.51. The van der Waals surface area contributed by atoms with Gasteiger partial charge in [0.15, 0.2) is 0 Å². The van der Waals surface area contributed by atoms with Gasteiger partial charge in [0.05, 0.1) is 11.9 Å². The van der Waals surface area contributed by atoms with Gasteiger partial charge in [-0.1, -0.05) is 36.4 Å². The van der Waals surface area contributed by atoms with E-state index in [1.807, 2.05) is 64.1 Å². The highest BCUT2D eigenvalue weighted by molar-refractivity contribution is 7.92. The molecular formula is C21H28N2O3S. The molecule has 0 heterocycles. The molecule has 0 bridgehead atoms. The van der Waals surface area contributed by atoms with Crippen LogP contribution in [0.1, 0.15) is 30.5 Å². The molecule has 6 heteroatoms. The molecule has 0 unspecified atom stereocenters. The van der Waals surface area contributed by atoms with Crippen LogP contribution in [0.3, 0.4) is 0 Å². The highest BCUT2D eigenvalue weighted by Gasteiger charge is 2.25. The molecule has 2 aromatic rings. The molecule has 146 valence electrons. The summed E-state index contributed by atoms with van der Waals surface area (Å²) in [7, 11) is -3.59. The minimum atomic E-state index is -3.59. The summed E-state index contributed by atoms with van der Waals surface area (Å²) < 4.78 is 26.0. The molecule has 0 aromatic heterocycles. The summed E-state index contributed by atoms with van der Waals surface area (Å²) in [6, 6.07) is 15.2. The van der Waals surface area contributed by atoms with E-state index in [1.165, 1.54) is 4.31 Å². The number of carbonyl (C=O) groups is 1. The van der Waals surface area contributed by atoms with Crippen LogP contribution in [-0.4, -0.2) is 38.1 Å². The maximum Gasteiger partial charge on any atom is 0.243 e. The summed E-state index contributed by atoms with van der Waals surface area (Å²) in [5.41, 5.74) is 3.44. The number of rotatable bonds is 7. The highest BCUT2D eigenvalue weighted by atomic mass is 32.2. The van der Waals surface area contributed by atoms with Crippen LogP contribution in [0.5, 0.6) is 0 Å². The molecule has 2 aromatic carbocycles. The van der Waals surface area contributed by atoms with Crippen molar-refractivity contribution >= 4 is 21.6 Å². The highest BCUT2D eigenvalue weighted by Crippen LogP contribution is 2.22. The van der Waals surface area contributed by atoms with Crippen LogP contribution >= 0.6 is 0 Å². The maximum absolute atomic E-state index is 13.0. The van der Waals surface area contributed by atoms with Gasteiger partial charge in [-0.25, -0.2) is 8.42 Å². The lowest BCUT2D eigenvalue weighted by atomic mass is 10.1. The summed E-state index contributed by atoms with van der Waals surface area (Å²) in [6.07, 6.45) is 1.13. The lowest BCUT2D eigenvalue weighted by molar-refractivity contribution is -0.131. The van der Waals surface area contributed by atoms with Gasteiger partial charge in [-0.05, 0) is 56.5 Å². The number of carbonyl (C=O) groups excluding carboxylic acids is 1. The van der Waals surface area contributed by atoms with Crippen LogP contribution in [0.25, 0.3) is 0 Å². The lowest BCUT2D eigenvalue weighted by Crippen LogP contribution is -2.45. The number of hydrogen-bond acceptors (Lipinski definition) is 3. The van der Waals surface area contributed by atoms with Crippen molar-refractivity contribution < 1.29 is 13.2 Å². The van der Waals surface area contributed by atoms with Crippen molar-refractivity contribution in [2.75, 3.05) is 17.1 Å². The molecule has 27 heavy (non-hydrogen) atoms. The van der Waals surface area contributed by atoms with Gasteiger partial charge in [-0.3, -0.25) is 9.10 Å². The van der Waals surface area contributed by atoms with E-state index < -0.39 is 10.0 Å². The second kappa shape index (κ2) is 8.57. The Kier molecular flexibility index (Phi) is 6.65. The third kappa shape index (κ3) is 5.82. The van der Waals surface area contributed by atoms with E-state index in [2.05, 4.69) is 0 Å². The first-order chi connectivity index (χ1) is 12.6. The summed E-state index contributed by atoms with van der Waals surface area (Å²) in [5, 5.41) is 0. The number of nitrogens with zero attached hydrogens (tertiary/aromatic N) is 2. The zero-order valence-electron chi connectivity index (χ0n) is 16.6. The molecule has 5 nitrogen and oxygen atoms in total. The van der Waals surface area contributed by atoms with Crippen molar-refractivity contribution in [1.29, 1.82) is 0 Å². The molecule has 0 aliphatic heterocycles. The number of anilines is 1. The molecule has 2 rings (SSSR count). The molecule has 0 aliphatic carbocycles. The van der Waals surface area contributed by atoms with Gasteiger partial charge in [-0.2, -0.15) is 0 Å². The van der Waals surface area contributed by atoms with Crippen LogP contribution in [0.4, 0.5) is 5.69 Å². The Bertz CT molecular complexity index is 873. The van der Waals surface area contributed by atoms with E-state index in [4.69, 9.17) is 0 Å². The number of benzene rings is 2. The second-order valence-electron chi connectivity index (χ2n) is 7.22. The van der Waals surface area contributed by atoms with Crippen LogP contribution < -0.4 is 4.31 Å². The van der Waals surface area contributed by atoms with Crippen molar-refractivity contribution in [3.05, 3.63) is 65.2 Å². The van der Waals surface area contributed by atoms with Gasteiger partial charge < -0.3 is 4.90 Å². The Morgan fingerprint density at radius 2 is 1.56 bits per heavy atom. The first kappa shape index (κ1) is 21.0. The van der Waals surface area contributed by atoms with E-state index in [1.54, 1.807) is 17.0 Å². The Hall–Kier alpha value is -2.34. The third-order valence-electron chi connectivity index (χ3n) is 4.31. The zero-order chi connectivity index (χ0) is 20.2. The fraction of sp³-hybridized carbons (Fsp3) is 0.381. The molecule has 0 radical (unpaired) electrons. The molecule has 0 N–H and O–H groups in total. The van der Waals surface area contributed by atoms with Crippen LogP contribution in [0.15, 0.2) is 48.5 Å². The summed E-state index contributed by atoms with van der Waals surface area (Å²) in [4.78, 5) is 14.7. The van der Waals surface area contributed by atoms with Gasteiger partial charge in [0, 0.05) is 12.6 Å². The maximum atomic E-state index is 13.0. The number of sulfonamides is 1. The van der Waals surface area contributed by atoms with E-state index in [0.717, 1.165) is 22.9 Å². The van der Waals surface area contributed by atoms with E-state index in [9.17, 15) is 13.2 Å². The molecule has 0 aliphatic rings. The zero-order valence-corrected chi connectivity index (χ0v) is 17.5. The number of hydrogen-bond donors (Lipinski definition) is 0. The average Bonchev–Trinajstić information content (AvgIpc) is 2.56. The van der Waals surface area contributed by atoms with Crippen molar-refractivity contribution in [1.82, 2.24) is 4.90 Å². The molecule has 0 saturated carbocycles. The first-order valence-electron chi connectivity index (χ1n) is 8.97. The van der Waals surface area contributed by atoms with E-state index >= 15 is 0 Å². The standard InChI is InChI=1S/C21H28N2O3S/c1-16(2)22(14-19-9-7-6-8-10-19)21(24)15-23(27(5,25)26)20-12-17(3)11-18(4)13-20/h6-13,16H,14-15H2,1-5H3. The molecule has 0 saturated heterocycles. The van der Waals surface area contributed by atoms with Gasteiger partial charge in [0.2, 0.25) is 15.9 Å². The Balaban J connectivity index is 2.31. The first-order valence-corrected chi connectivity index (χ1v) is 10.8. The summed E-state index contributed by atoms with van der Waals surface area (Å²) in [5.74, 6) is -0.224. The fourth-order valence-electron chi connectivity index (χ4n) is 3.05. The third-order valence-corrected chi connectivity index (χ3v) is 5.45. The van der Waals surface area contributed by atoms with Crippen LogP contribution in [0.2, 0.25) is 0 Å². The van der Waals surface area contributed by atoms with E-state index in [0.29, 0.717) is 12.2 Å². The monoisotopic (exact) mass is 388 g/mol. The summed E-state index contributed by atoms with van der Waals surface area (Å²) in [6.45, 7) is 7.92. The van der Waals surface area contributed by atoms with Crippen molar-refractivity contribution in [2.45, 2.75) is 40.3 Å². The SMILES string of the molecule is Cc1cc(C)cc(N(CC(=O)N(Cc2ccccc2)C(C)C)S(C)(=O)=O)c1. The molecular weight excluding hydrogens is 360 g/mol. The predicted molar refractivity (Wildman–Crippen MR) is 110 cm³/mol. The van der Waals surface area contributed by atoms with Gasteiger partial charge >= 0.3 is 0 Å². The molecule has 0 spiro atoms. The molecule has 1 amide bonds. The van der Waals surface area contributed by atoms with Gasteiger partial charge in [0.25, 0.3) is 0 Å². The average molecular weight is 389 g/mol. The number of amides is 1. The Morgan fingerprint density at radius 3 is 2.04 bits per heavy atom. The van der Waals surface area contributed by atoms with Gasteiger partial charge in [0.1, 0.15) is 6.54 Å². The minimum Gasteiger partial charge on any atom is -0.334 e.